The molecule has 0 saturated heterocycles. The Morgan fingerprint density at radius 2 is 1.76 bits per heavy atom. The van der Waals surface area contributed by atoms with E-state index in [1.54, 1.807) is 45.0 Å². The maximum absolute atomic E-state index is 12.3. The van der Waals surface area contributed by atoms with E-state index in [0.29, 0.717) is 10.8 Å². The van der Waals surface area contributed by atoms with Gasteiger partial charge in [0.05, 0.1) is 0 Å². The SMILES string of the molecule is CCC(C)(NC(=O)C(C)(C)Oc1ccc(Cl)cc1)C(=O)O. The highest BCUT2D eigenvalue weighted by molar-refractivity contribution is 6.30. The predicted octanol–water partition coefficient (Wildman–Crippen LogP) is 2.87. The van der Waals surface area contributed by atoms with Crippen LogP contribution in [-0.4, -0.2) is 28.1 Å². The first-order valence-electron chi connectivity index (χ1n) is 6.61. The summed E-state index contributed by atoms with van der Waals surface area (Å²) in [7, 11) is 0. The largest absolute Gasteiger partial charge is 0.480 e. The lowest BCUT2D eigenvalue weighted by Crippen LogP contribution is -2.58. The zero-order valence-corrected chi connectivity index (χ0v) is 13.3. The molecule has 0 aromatic heterocycles. The number of rotatable bonds is 6. The van der Waals surface area contributed by atoms with E-state index >= 15 is 0 Å². The molecule has 0 radical (unpaired) electrons. The fourth-order valence-electron chi connectivity index (χ4n) is 1.54. The van der Waals surface area contributed by atoms with E-state index in [2.05, 4.69) is 5.32 Å². The second-order valence-corrected chi connectivity index (χ2v) is 5.95. The first-order chi connectivity index (χ1) is 9.60. The van der Waals surface area contributed by atoms with E-state index < -0.39 is 23.0 Å². The van der Waals surface area contributed by atoms with Gasteiger partial charge in [-0.15, -0.1) is 0 Å². The molecule has 2 N–H and O–H groups in total. The zero-order valence-electron chi connectivity index (χ0n) is 12.6. The number of amides is 1. The van der Waals surface area contributed by atoms with Crippen LogP contribution in [0.15, 0.2) is 24.3 Å². The molecule has 0 aliphatic heterocycles. The van der Waals surface area contributed by atoms with Crippen LogP contribution in [0.3, 0.4) is 0 Å². The van der Waals surface area contributed by atoms with Gasteiger partial charge in [0.25, 0.3) is 5.91 Å². The highest BCUT2D eigenvalue weighted by atomic mass is 35.5. The van der Waals surface area contributed by atoms with Gasteiger partial charge in [-0.05, 0) is 51.5 Å². The molecule has 0 aliphatic rings. The van der Waals surface area contributed by atoms with Gasteiger partial charge in [-0.1, -0.05) is 18.5 Å². The smallest absolute Gasteiger partial charge is 0.329 e. The molecule has 5 nitrogen and oxygen atoms in total. The van der Waals surface area contributed by atoms with Gasteiger partial charge >= 0.3 is 5.97 Å². The number of halogens is 1. The predicted molar refractivity (Wildman–Crippen MR) is 80.6 cm³/mol. The van der Waals surface area contributed by atoms with Gasteiger partial charge in [0.15, 0.2) is 5.60 Å². The van der Waals surface area contributed by atoms with Crippen molar-refractivity contribution in [3.8, 4) is 5.75 Å². The van der Waals surface area contributed by atoms with Crippen molar-refractivity contribution in [1.29, 1.82) is 0 Å². The summed E-state index contributed by atoms with van der Waals surface area (Å²) in [5, 5.41) is 12.3. The molecule has 1 aromatic carbocycles. The van der Waals surface area contributed by atoms with Crippen LogP contribution < -0.4 is 10.1 Å². The summed E-state index contributed by atoms with van der Waals surface area (Å²) in [4.78, 5) is 23.5. The quantitative estimate of drug-likeness (QED) is 0.846. The lowest BCUT2D eigenvalue weighted by molar-refractivity contribution is -0.150. The molecule has 0 spiro atoms. The molecule has 1 rings (SSSR count). The average molecular weight is 314 g/mol. The van der Waals surface area contributed by atoms with Crippen molar-refractivity contribution in [1.82, 2.24) is 5.32 Å². The van der Waals surface area contributed by atoms with Crippen molar-refractivity contribution >= 4 is 23.5 Å². The minimum absolute atomic E-state index is 0.269. The van der Waals surface area contributed by atoms with Crippen LogP contribution in [0, 0.1) is 0 Å². The number of nitrogens with one attached hydrogen (secondary N) is 1. The molecule has 116 valence electrons. The fraction of sp³-hybridized carbons (Fsp3) is 0.467. The van der Waals surface area contributed by atoms with Crippen LogP contribution in [0.1, 0.15) is 34.1 Å². The van der Waals surface area contributed by atoms with Gasteiger partial charge in [-0.3, -0.25) is 4.79 Å². The van der Waals surface area contributed by atoms with Crippen LogP contribution in [-0.2, 0) is 9.59 Å². The molecule has 0 saturated carbocycles. The van der Waals surface area contributed by atoms with Gasteiger partial charge in [-0.25, -0.2) is 4.79 Å². The molecule has 0 fully saturated rings. The molecule has 1 unspecified atom stereocenters. The summed E-state index contributed by atoms with van der Waals surface area (Å²) >= 11 is 5.79. The number of carbonyl (C=O) groups excluding carboxylic acids is 1. The second-order valence-electron chi connectivity index (χ2n) is 5.51. The van der Waals surface area contributed by atoms with Crippen molar-refractivity contribution in [3.05, 3.63) is 29.3 Å². The molecular weight excluding hydrogens is 294 g/mol. The Labute approximate surface area is 129 Å². The normalized spacial score (nSPS) is 14.1. The monoisotopic (exact) mass is 313 g/mol. The fourth-order valence-corrected chi connectivity index (χ4v) is 1.66. The number of carboxylic acids is 1. The van der Waals surface area contributed by atoms with E-state index in [4.69, 9.17) is 16.3 Å². The second kappa shape index (κ2) is 6.35. The standard InChI is InChI=1S/C15H20ClNO4/c1-5-15(4,13(19)20)17-12(18)14(2,3)21-11-8-6-10(16)7-9-11/h6-9H,5H2,1-4H3,(H,17,18)(H,19,20). The maximum Gasteiger partial charge on any atom is 0.329 e. The number of benzene rings is 1. The number of hydrogen-bond donors (Lipinski definition) is 2. The van der Waals surface area contributed by atoms with Crippen LogP contribution in [0.5, 0.6) is 5.75 Å². The topological polar surface area (TPSA) is 75.6 Å². The van der Waals surface area contributed by atoms with Crippen molar-refractivity contribution in [2.45, 2.75) is 45.3 Å². The number of carbonyl (C=O) groups is 2. The molecule has 21 heavy (non-hydrogen) atoms. The van der Waals surface area contributed by atoms with E-state index in [9.17, 15) is 14.7 Å². The van der Waals surface area contributed by atoms with Gasteiger partial charge in [-0.2, -0.15) is 0 Å². The van der Waals surface area contributed by atoms with Crippen molar-refractivity contribution in [2.75, 3.05) is 0 Å². The number of ether oxygens (including phenoxy) is 1. The molecule has 6 heteroatoms. The Kier molecular flexibility index (Phi) is 5.23. The summed E-state index contributed by atoms with van der Waals surface area (Å²) < 4.78 is 5.63. The number of aliphatic carboxylic acids is 1. The lowest BCUT2D eigenvalue weighted by Gasteiger charge is -2.31. The molecule has 0 heterocycles. The summed E-state index contributed by atoms with van der Waals surface area (Å²) in [6.45, 7) is 6.32. The Morgan fingerprint density at radius 1 is 1.24 bits per heavy atom. The number of carboxylic acid groups (broad SMARTS) is 1. The van der Waals surface area contributed by atoms with Crippen LogP contribution in [0.25, 0.3) is 0 Å². The third kappa shape index (κ3) is 4.36. The van der Waals surface area contributed by atoms with Gasteiger partial charge in [0, 0.05) is 5.02 Å². The van der Waals surface area contributed by atoms with Crippen molar-refractivity contribution < 1.29 is 19.4 Å². The molecule has 1 atom stereocenters. The van der Waals surface area contributed by atoms with E-state index in [-0.39, 0.29) is 6.42 Å². The van der Waals surface area contributed by atoms with Gasteiger partial charge in [0.1, 0.15) is 11.3 Å². The summed E-state index contributed by atoms with van der Waals surface area (Å²) in [5.74, 6) is -1.10. The Balaban J connectivity index is 2.84. The molecule has 1 aromatic rings. The zero-order chi connectivity index (χ0) is 16.3. The maximum atomic E-state index is 12.3. The lowest BCUT2D eigenvalue weighted by atomic mass is 9.97. The van der Waals surface area contributed by atoms with E-state index in [1.165, 1.54) is 6.92 Å². The third-order valence-corrected chi connectivity index (χ3v) is 3.55. The van der Waals surface area contributed by atoms with Gasteiger partial charge < -0.3 is 15.2 Å². The number of hydrogen-bond acceptors (Lipinski definition) is 3. The van der Waals surface area contributed by atoms with Crippen LogP contribution in [0.2, 0.25) is 5.02 Å². The van der Waals surface area contributed by atoms with Crippen molar-refractivity contribution in [3.63, 3.8) is 0 Å². The van der Waals surface area contributed by atoms with E-state index in [0.717, 1.165) is 0 Å². The minimum atomic E-state index is -1.32. The van der Waals surface area contributed by atoms with Gasteiger partial charge in [0.2, 0.25) is 0 Å². The summed E-state index contributed by atoms with van der Waals surface area (Å²) in [6, 6.07) is 6.59. The Hall–Kier alpha value is -1.75. The molecule has 1 amide bonds. The molecular formula is C15H20ClNO4. The third-order valence-electron chi connectivity index (χ3n) is 3.30. The first kappa shape index (κ1) is 17.3. The highest BCUT2D eigenvalue weighted by Gasteiger charge is 2.39. The average Bonchev–Trinajstić information content (AvgIpc) is 2.40. The summed E-state index contributed by atoms with van der Waals surface area (Å²) in [6.07, 6.45) is 0.269. The first-order valence-corrected chi connectivity index (χ1v) is 6.99. The van der Waals surface area contributed by atoms with Crippen LogP contribution >= 0.6 is 11.6 Å². The molecule has 0 bridgehead atoms. The Bertz CT molecular complexity index is 527. The van der Waals surface area contributed by atoms with E-state index in [1.807, 2.05) is 0 Å². The molecule has 0 aliphatic carbocycles. The van der Waals surface area contributed by atoms with Crippen LogP contribution in [0.4, 0.5) is 0 Å². The minimum Gasteiger partial charge on any atom is -0.480 e. The highest BCUT2D eigenvalue weighted by Crippen LogP contribution is 2.22. The Morgan fingerprint density at radius 3 is 2.19 bits per heavy atom. The summed E-state index contributed by atoms with van der Waals surface area (Å²) in [5.41, 5.74) is -2.53. The van der Waals surface area contributed by atoms with Crippen molar-refractivity contribution in [2.24, 2.45) is 0 Å².